The van der Waals surface area contributed by atoms with Gasteiger partial charge in [-0.15, -0.1) is 0 Å². The average Bonchev–Trinajstić information content (AvgIpc) is 2.83. The fourth-order valence-corrected chi connectivity index (χ4v) is 3.95. The van der Waals surface area contributed by atoms with Crippen LogP contribution < -0.4 is 5.73 Å². The highest BCUT2D eigenvalue weighted by Crippen LogP contribution is 2.20. The molecular weight excluding hydrogens is 276 g/mol. The Balaban J connectivity index is 2.25. The van der Waals surface area contributed by atoms with Crippen molar-refractivity contribution in [2.75, 3.05) is 33.2 Å². The first-order valence-electron chi connectivity index (χ1n) is 7.07. The second-order valence-electron chi connectivity index (χ2n) is 5.27. The molecule has 0 aromatic carbocycles. The van der Waals surface area contributed by atoms with Gasteiger partial charge in [0.05, 0.1) is 0 Å². The fourth-order valence-electron chi connectivity index (χ4n) is 2.46. The van der Waals surface area contributed by atoms with E-state index in [4.69, 9.17) is 5.73 Å². The van der Waals surface area contributed by atoms with Gasteiger partial charge in [-0.1, -0.05) is 6.92 Å². The van der Waals surface area contributed by atoms with Crippen LogP contribution >= 0.6 is 0 Å². The van der Waals surface area contributed by atoms with E-state index >= 15 is 0 Å². The molecule has 2 rings (SSSR count). The zero-order valence-corrected chi connectivity index (χ0v) is 13.1. The van der Waals surface area contributed by atoms with E-state index in [2.05, 4.69) is 11.8 Å². The molecule has 1 aliphatic rings. The number of aryl methyl sites for hydroxylation is 1. The largest absolute Gasteiger partial charge is 0.349 e. The van der Waals surface area contributed by atoms with Crippen molar-refractivity contribution < 1.29 is 8.42 Å². The monoisotopic (exact) mass is 300 g/mol. The minimum atomic E-state index is -3.39. The first kappa shape index (κ1) is 15.5. The summed E-state index contributed by atoms with van der Waals surface area (Å²) in [5.74, 6) is 0. The first-order chi connectivity index (χ1) is 9.48. The van der Waals surface area contributed by atoms with E-state index in [1.807, 2.05) is 11.6 Å². The van der Waals surface area contributed by atoms with Gasteiger partial charge in [0, 0.05) is 51.2 Å². The average molecular weight is 300 g/mol. The maximum atomic E-state index is 12.6. The predicted octanol–water partition coefficient (Wildman–Crippen LogP) is 0.293. The third-order valence-corrected chi connectivity index (χ3v) is 5.60. The topological polar surface area (TPSA) is 71.6 Å². The summed E-state index contributed by atoms with van der Waals surface area (Å²) in [5, 5.41) is 0. The number of nitrogens with zero attached hydrogens (tertiary/aromatic N) is 3. The van der Waals surface area contributed by atoms with Gasteiger partial charge in [-0.05, 0) is 19.5 Å². The molecule has 1 saturated heterocycles. The maximum Gasteiger partial charge on any atom is 0.244 e. The van der Waals surface area contributed by atoms with Crippen LogP contribution in [0.1, 0.15) is 19.0 Å². The van der Waals surface area contributed by atoms with Crippen molar-refractivity contribution in [3.8, 4) is 0 Å². The van der Waals surface area contributed by atoms with Crippen LogP contribution in [0.3, 0.4) is 0 Å². The minimum absolute atomic E-state index is 0.359. The van der Waals surface area contributed by atoms with Crippen molar-refractivity contribution in [3.05, 3.63) is 18.0 Å². The summed E-state index contributed by atoms with van der Waals surface area (Å²) in [5.41, 5.74) is 6.57. The highest BCUT2D eigenvalue weighted by molar-refractivity contribution is 7.89. The van der Waals surface area contributed by atoms with Gasteiger partial charge in [0.2, 0.25) is 10.0 Å². The lowest BCUT2D eigenvalue weighted by Gasteiger charge is -2.31. The molecule has 0 unspecified atom stereocenters. The molecular formula is C13H24N4O2S. The number of nitrogens with two attached hydrogens (primary N) is 1. The van der Waals surface area contributed by atoms with Gasteiger partial charge in [0.25, 0.3) is 0 Å². The lowest BCUT2D eigenvalue weighted by molar-refractivity contribution is 0.222. The van der Waals surface area contributed by atoms with Crippen LogP contribution in [0.2, 0.25) is 0 Å². The van der Waals surface area contributed by atoms with Crippen molar-refractivity contribution in [1.82, 2.24) is 13.8 Å². The van der Waals surface area contributed by atoms with Crippen LogP contribution in [0, 0.1) is 0 Å². The Morgan fingerprint density at radius 3 is 2.45 bits per heavy atom. The number of hydrogen-bond acceptors (Lipinski definition) is 4. The maximum absolute atomic E-state index is 12.6. The normalized spacial score (nSPS) is 18.6. The third kappa shape index (κ3) is 3.06. The Hall–Kier alpha value is -0.890. The summed E-state index contributed by atoms with van der Waals surface area (Å²) < 4.78 is 28.8. The lowest BCUT2D eigenvalue weighted by atomic mass is 10.4. The van der Waals surface area contributed by atoms with E-state index < -0.39 is 10.0 Å². The summed E-state index contributed by atoms with van der Waals surface area (Å²) in [6, 6.07) is 1.71. The SMILES string of the molecule is CCCn1cc(S(=O)(=O)N2CCN(C)CC2)cc1CN. The summed E-state index contributed by atoms with van der Waals surface area (Å²) in [6.07, 6.45) is 2.68. The molecule has 1 aromatic rings. The van der Waals surface area contributed by atoms with Crippen LogP contribution in [0.5, 0.6) is 0 Å². The Morgan fingerprint density at radius 1 is 1.25 bits per heavy atom. The van der Waals surface area contributed by atoms with E-state index in [0.29, 0.717) is 24.5 Å². The van der Waals surface area contributed by atoms with Crippen molar-refractivity contribution >= 4 is 10.0 Å². The Kier molecular flexibility index (Phi) is 4.85. The van der Waals surface area contributed by atoms with Crippen molar-refractivity contribution in [2.24, 2.45) is 5.73 Å². The van der Waals surface area contributed by atoms with Crippen LogP contribution in [0.15, 0.2) is 17.2 Å². The zero-order valence-electron chi connectivity index (χ0n) is 12.2. The van der Waals surface area contributed by atoms with E-state index in [1.54, 1.807) is 16.6 Å². The van der Waals surface area contributed by atoms with Crippen LogP contribution in [0.4, 0.5) is 0 Å². The van der Waals surface area contributed by atoms with Gasteiger partial charge in [0.15, 0.2) is 0 Å². The number of aromatic nitrogens is 1. The third-order valence-electron chi connectivity index (χ3n) is 3.73. The van der Waals surface area contributed by atoms with E-state index in [9.17, 15) is 8.42 Å². The highest BCUT2D eigenvalue weighted by Gasteiger charge is 2.28. The van der Waals surface area contributed by atoms with Crippen molar-refractivity contribution in [2.45, 2.75) is 31.3 Å². The molecule has 6 nitrogen and oxygen atoms in total. The van der Waals surface area contributed by atoms with E-state index in [1.165, 1.54) is 0 Å². The summed E-state index contributed by atoms with van der Waals surface area (Å²) >= 11 is 0. The molecule has 2 heterocycles. The number of piperazine rings is 1. The quantitative estimate of drug-likeness (QED) is 0.848. The minimum Gasteiger partial charge on any atom is -0.349 e. The van der Waals surface area contributed by atoms with Crippen molar-refractivity contribution in [3.63, 3.8) is 0 Å². The van der Waals surface area contributed by atoms with Crippen LogP contribution in [0.25, 0.3) is 0 Å². The molecule has 0 atom stereocenters. The molecule has 0 bridgehead atoms. The number of hydrogen-bond donors (Lipinski definition) is 1. The van der Waals surface area contributed by atoms with Gasteiger partial charge in [-0.3, -0.25) is 0 Å². The predicted molar refractivity (Wildman–Crippen MR) is 78.9 cm³/mol. The molecule has 1 fully saturated rings. The summed E-state index contributed by atoms with van der Waals surface area (Å²) in [4.78, 5) is 2.51. The lowest BCUT2D eigenvalue weighted by Crippen LogP contribution is -2.46. The smallest absolute Gasteiger partial charge is 0.244 e. The number of likely N-dealkylation sites (N-methyl/N-ethyl adjacent to an activating group) is 1. The second-order valence-corrected chi connectivity index (χ2v) is 7.21. The van der Waals surface area contributed by atoms with Gasteiger partial charge < -0.3 is 15.2 Å². The van der Waals surface area contributed by atoms with Gasteiger partial charge in [-0.2, -0.15) is 4.31 Å². The summed E-state index contributed by atoms with van der Waals surface area (Å²) in [6.45, 7) is 5.88. The van der Waals surface area contributed by atoms with Gasteiger partial charge in [0.1, 0.15) is 4.90 Å². The molecule has 0 amide bonds. The molecule has 114 valence electrons. The zero-order chi connectivity index (χ0) is 14.8. The summed E-state index contributed by atoms with van der Waals surface area (Å²) in [7, 11) is -1.38. The molecule has 2 N–H and O–H groups in total. The first-order valence-corrected chi connectivity index (χ1v) is 8.51. The Bertz CT molecular complexity index is 545. The number of sulfonamides is 1. The standard InChI is InChI=1S/C13H24N4O2S/c1-3-4-16-11-13(9-12(16)10-14)20(18,19)17-7-5-15(2)6-8-17/h9,11H,3-8,10,14H2,1-2H3. The van der Waals surface area contributed by atoms with Gasteiger partial charge in [-0.25, -0.2) is 8.42 Å². The van der Waals surface area contributed by atoms with Gasteiger partial charge >= 0.3 is 0 Å². The second kappa shape index (κ2) is 6.26. The molecule has 0 saturated carbocycles. The molecule has 0 spiro atoms. The number of rotatable bonds is 5. The molecule has 1 aromatic heterocycles. The van der Waals surface area contributed by atoms with E-state index in [0.717, 1.165) is 31.7 Å². The Labute approximate surface area is 121 Å². The highest BCUT2D eigenvalue weighted by atomic mass is 32.2. The molecule has 0 aliphatic carbocycles. The van der Waals surface area contributed by atoms with Crippen molar-refractivity contribution in [1.29, 1.82) is 0 Å². The van der Waals surface area contributed by atoms with Crippen LogP contribution in [-0.2, 0) is 23.1 Å². The van der Waals surface area contributed by atoms with Crippen LogP contribution in [-0.4, -0.2) is 55.4 Å². The molecule has 20 heavy (non-hydrogen) atoms. The molecule has 0 radical (unpaired) electrons. The Morgan fingerprint density at radius 2 is 1.90 bits per heavy atom. The van der Waals surface area contributed by atoms with E-state index in [-0.39, 0.29) is 0 Å². The molecule has 1 aliphatic heterocycles. The fraction of sp³-hybridized carbons (Fsp3) is 0.692. The molecule has 7 heteroatoms.